The van der Waals surface area contributed by atoms with E-state index in [4.69, 9.17) is 23.8 Å². The van der Waals surface area contributed by atoms with Gasteiger partial charge in [-0.25, -0.2) is 15.0 Å². The lowest BCUT2D eigenvalue weighted by atomic mass is 9.95. The molecule has 10 rings (SSSR count). The largest absolute Gasteiger partial charge is 0.456 e. The van der Waals surface area contributed by atoms with Crippen LogP contribution in [0.15, 0.2) is 160 Å². The third-order valence-electron chi connectivity index (χ3n) is 9.12. The number of hydrogen-bond donors (Lipinski definition) is 0. The number of fused-ring (bicyclic) bond motifs is 8. The molecule has 0 aliphatic heterocycles. The van der Waals surface area contributed by atoms with E-state index in [1.54, 1.807) is 0 Å². The zero-order valence-electron chi connectivity index (χ0n) is 25.6. The van der Waals surface area contributed by atoms with Crippen molar-refractivity contribution in [2.75, 3.05) is 0 Å². The van der Waals surface area contributed by atoms with Crippen LogP contribution in [0.25, 0.3) is 99.9 Å². The van der Waals surface area contributed by atoms with Gasteiger partial charge in [0.1, 0.15) is 22.3 Å². The van der Waals surface area contributed by atoms with Crippen LogP contribution in [0.4, 0.5) is 0 Å². The van der Waals surface area contributed by atoms with E-state index in [-0.39, 0.29) is 0 Å². The number of hydrogen-bond acceptors (Lipinski definition) is 5. The minimum Gasteiger partial charge on any atom is -0.456 e. The first-order valence-corrected chi connectivity index (χ1v) is 15.9. The Balaban J connectivity index is 1.17. The Bertz CT molecular complexity index is 2840. The highest BCUT2D eigenvalue weighted by molar-refractivity contribution is 6.19. The third-order valence-corrected chi connectivity index (χ3v) is 9.12. The molecule has 0 aliphatic rings. The molecule has 0 bridgehead atoms. The number of furan rings is 2. The van der Waals surface area contributed by atoms with Crippen LogP contribution in [-0.2, 0) is 0 Å². The molecule has 0 fully saturated rings. The molecule has 48 heavy (non-hydrogen) atoms. The van der Waals surface area contributed by atoms with Gasteiger partial charge in [-0.05, 0) is 59.0 Å². The summed E-state index contributed by atoms with van der Waals surface area (Å²) in [6.07, 6.45) is 0. The summed E-state index contributed by atoms with van der Waals surface area (Å²) in [5.41, 5.74) is 8.36. The molecule has 7 aromatic carbocycles. The lowest BCUT2D eigenvalue weighted by Crippen LogP contribution is -2.00. The van der Waals surface area contributed by atoms with Gasteiger partial charge in [0, 0.05) is 43.6 Å². The van der Waals surface area contributed by atoms with Crippen molar-refractivity contribution in [3.63, 3.8) is 0 Å². The quantitative estimate of drug-likeness (QED) is 0.197. The summed E-state index contributed by atoms with van der Waals surface area (Å²) in [6, 6.07) is 51.7. The smallest absolute Gasteiger partial charge is 0.164 e. The summed E-state index contributed by atoms with van der Waals surface area (Å²) in [5.74, 6) is 1.78. The topological polar surface area (TPSA) is 65.0 Å². The molecule has 0 saturated carbocycles. The van der Waals surface area contributed by atoms with Gasteiger partial charge in [-0.3, -0.25) is 0 Å². The average Bonchev–Trinajstić information content (AvgIpc) is 3.73. The Hall–Kier alpha value is -6.59. The summed E-state index contributed by atoms with van der Waals surface area (Å²) < 4.78 is 12.7. The summed E-state index contributed by atoms with van der Waals surface area (Å²) in [6.45, 7) is 0. The first-order chi connectivity index (χ1) is 23.8. The van der Waals surface area contributed by atoms with Gasteiger partial charge < -0.3 is 8.83 Å². The highest BCUT2D eigenvalue weighted by Crippen LogP contribution is 2.41. The van der Waals surface area contributed by atoms with E-state index < -0.39 is 0 Å². The van der Waals surface area contributed by atoms with Crippen molar-refractivity contribution in [1.29, 1.82) is 0 Å². The average molecular weight is 616 g/mol. The lowest BCUT2D eigenvalue weighted by Gasteiger charge is -2.09. The maximum absolute atomic E-state index is 6.65. The van der Waals surface area contributed by atoms with Gasteiger partial charge in [-0.2, -0.15) is 0 Å². The second-order valence-electron chi connectivity index (χ2n) is 12.0. The SMILES string of the molecule is c1ccc(-c2nc(-c3ccc4c(c3)oc3c5ccccc5c(-c5ccccc5)cc43)nc(-c3ccc4oc5ccccc5c4c3)n2)cc1. The molecule has 5 heteroatoms. The Kier molecular flexibility index (Phi) is 5.81. The van der Waals surface area contributed by atoms with Crippen molar-refractivity contribution < 1.29 is 8.83 Å². The molecule has 5 nitrogen and oxygen atoms in total. The fourth-order valence-corrected chi connectivity index (χ4v) is 6.81. The number of para-hydroxylation sites is 1. The minimum absolute atomic E-state index is 0.577. The van der Waals surface area contributed by atoms with E-state index in [9.17, 15) is 0 Å². The molecule has 0 unspecified atom stereocenters. The van der Waals surface area contributed by atoms with Crippen LogP contribution in [0.5, 0.6) is 0 Å². The Morgan fingerprint density at radius 1 is 0.312 bits per heavy atom. The molecule has 3 aromatic heterocycles. The van der Waals surface area contributed by atoms with Crippen LogP contribution in [0.2, 0.25) is 0 Å². The van der Waals surface area contributed by atoms with Crippen LogP contribution in [0.3, 0.4) is 0 Å². The Labute approximate surface area is 274 Å². The van der Waals surface area contributed by atoms with Crippen molar-refractivity contribution >= 4 is 54.6 Å². The number of rotatable bonds is 4. The molecule has 0 N–H and O–H groups in total. The van der Waals surface area contributed by atoms with Crippen LogP contribution < -0.4 is 0 Å². The zero-order chi connectivity index (χ0) is 31.6. The molecule has 0 saturated heterocycles. The summed E-state index contributed by atoms with van der Waals surface area (Å²) in [7, 11) is 0. The zero-order valence-corrected chi connectivity index (χ0v) is 25.6. The second-order valence-corrected chi connectivity index (χ2v) is 12.0. The van der Waals surface area contributed by atoms with Crippen molar-refractivity contribution in [2.45, 2.75) is 0 Å². The summed E-state index contributed by atoms with van der Waals surface area (Å²) in [4.78, 5) is 15.0. The monoisotopic (exact) mass is 615 g/mol. The van der Waals surface area contributed by atoms with E-state index in [0.717, 1.165) is 71.3 Å². The van der Waals surface area contributed by atoms with Crippen molar-refractivity contribution in [3.05, 3.63) is 152 Å². The highest BCUT2D eigenvalue weighted by Gasteiger charge is 2.18. The standard InChI is InChI=1S/C43H25N3O2/c1-3-11-26(12-4-1)34-25-36-32-21-19-29(24-39(32)48-40(36)33-17-8-7-15-30(33)34)43-45-41(27-13-5-2-6-14-27)44-42(46-43)28-20-22-38-35(23-28)31-16-9-10-18-37(31)47-38/h1-25H. The highest BCUT2D eigenvalue weighted by atomic mass is 16.3. The lowest BCUT2D eigenvalue weighted by molar-refractivity contribution is 0.669. The molecule has 0 spiro atoms. The molecular weight excluding hydrogens is 590 g/mol. The first-order valence-electron chi connectivity index (χ1n) is 15.9. The maximum atomic E-state index is 6.65. The molecule has 0 atom stereocenters. The third kappa shape index (κ3) is 4.22. The van der Waals surface area contributed by atoms with Crippen LogP contribution in [-0.4, -0.2) is 15.0 Å². The van der Waals surface area contributed by atoms with Crippen LogP contribution >= 0.6 is 0 Å². The molecule has 0 aliphatic carbocycles. The van der Waals surface area contributed by atoms with Crippen LogP contribution in [0, 0.1) is 0 Å². The molecule has 0 radical (unpaired) electrons. The fourth-order valence-electron chi connectivity index (χ4n) is 6.81. The molecule has 224 valence electrons. The predicted octanol–water partition coefficient (Wildman–Crippen LogP) is 11.5. The maximum Gasteiger partial charge on any atom is 0.164 e. The van der Waals surface area contributed by atoms with E-state index in [1.807, 2.05) is 72.8 Å². The first kappa shape index (κ1) is 26.6. The van der Waals surface area contributed by atoms with E-state index in [0.29, 0.717) is 17.5 Å². The summed E-state index contributed by atoms with van der Waals surface area (Å²) >= 11 is 0. The van der Waals surface area contributed by atoms with Gasteiger partial charge in [0.2, 0.25) is 0 Å². The van der Waals surface area contributed by atoms with Gasteiger partial charge in [-0.1, -0.05) is 109 Å². The Morgan fingerprint density at radius 2 is 0.875 bits per heavy atom. The van der Waals surface area contributed by atoms with Gasteiger partial charge in [0.25, 0.3) is 0 Å². The summed E-state index contributed by atoms with van der Waals surface area (Å²) in [5, 5.41) is 6.46. The van der Waals surface area contributed by atoms with E-state index in [2.05, 4.69) is 78.9 Å². The van der Waals surface area contributed by atoms with Gasteiger partial charge in [0.15, 0.2) is 17.5 Å². The predicted molar refractivity (Wildman–Crippen MR) is 194 cm³/mol. The second kappa shape index (κ2) is 10.5. The van der Waals surface area contributed by atoms with Gasteiger partial charge in [-0.15, -0.1) is 0 Å². The molecule has 0 amide bonds. The Morgan fingerprint density at radius 3 is 1.65 bits per heavy atom. The van der Waals surface area contributed by atoms with Crippen molar-refractivity contribution in [1.82, 2.24) is 15.0 Å². The normalized spacial score (nSPS) is 11.8. The molecule has 3 heterocycles. The number of benzene rings is 7. The van der Waals surface area contributed by atoms with E-state index >= 15 is 0 Å². The minimum atomic E-state index is 0.577. The van der Waals surface area contributed by atoms with Crippen molar-refractivity contribution in [2.24, 2.45) is 0 Å². The van der Waals surface area contributed by atoms with Crippen molar-refractivity contribution in [3.8, 4) is 45.3 Å². The van der Waals surface area contributed by atoms with Gasteiger partial charge >= 0.3 is 0 Å². The van der Waals surface area contributed by atoms with E-state index in [1.165, 1.54) is 11.1 Å². The fraction of sp³-hybridized carbons (Fsp3) is 0. The number of aromatic nitrogens is 3. The molecule has 10 aromatic rings. The van der Waals surface area contributed by atoms with Crippen LogP contribution in [0.1, 0.15) is 0 Å². The van der Waals surface area contributed by atoms with Gasteiger partial charge in [0.05, 0.1) is 0 Å². The number of nitrogens with zero attached hydrogens (tertiary/aromatic N) is 3. The molecular formula is C43H25N3O2.